The molecule has 66 valence electrons. The van der Waals surface area contributed by atoms with Gasteiger partial charge in [0.15, 0.2) is 0 Å². The first-order valence-electron chi connectivity index (χ1n) is 4.02. The van der Waals surface area contributed by atoms with Gasteiger partial charge in [0.25, 0.3) is 0 Å². The number of rotatable bonds is 4. The van der Waals surface area contributed by atoms with Crippen LogP contribution in [0.25, 0.3) is 0 Å². The van der Waals surface area contributed by atoms with Crippen LogP contribution in [0.3, 0.4) is 0 Å². The molecular weight excluding hydrogens is 146 g/mol. The molecule has 12 heavy (non-hydrogen) atoms. The van der Waals surface area contributed by atoms with E-state index >= 15 is 0 Å². The molecule has 0 aliphatic heterocycles. The van der Waals surface area contributed by atoms with Crippen molar-refractivity contribution in [2.45, 2.75) is 20.3 Å². The van der Waals surface area contributed by atoms with Crippen LogP contribution in [0.15, 0.2) is 40.9 Å². The van der Waals surface area contributed by atoms with Crippen LogP contribution < -0.4 is 0 Å². The molecule has 0 amide bonds. The molecule has 0 aliphatic rings. The lowest BCUT2D eigenvalue weighted by molar-refractivity contribution is 1.19. The van der Waals surface area contributed by atoms with Crippen LogP contribution >= 0.6 is 0 Å². The van der Waals surface area contributed by atoms with Crippen LogP contribution in [0.2, 0.25) is 0 Å². The smallest absolute Gasteiger partial charge is 0.0277 e. The summed E-state index contributed by atoms with van der Waals surface area (Å²) in [5.74, 6) is 0. The van der Waals surface area contributed by atoms with Gasteiger partial charge in [-0.05, 0) is 31.4 Å². The zero-order valence-electron chi connectivity index (χ0n) is 8.22. The van der Waals surface area contributed by atoms with Crippen molar-refractivity contribution in [1.29, 1.82) is 0 Å². The molecule has 0 N–H and O–H groups in total. The van der Waals surface area contributed by atoms with Gasteiger partial charge in [-0.25, -0.2) is 0 Å². The maximum atomic E-state index is 3.96. The monoisotopic (exact) mass is 163 g/mol. The number of hydrogen-bond donors (Lipinski definition) is 0. The lowest BCUT2D eigenvalue weighted by Gasteiger charge is -2.05. The lowest BCUT2D eigenvalue weighted by Crippen LogP contribution is -1.90. The van der Waals surface area contributed by atoms with Crippen LogP contribution in [0, 0.1) is 0 Å². The first kappa shape index (κ1) is 10.9. The molecule has 0 aromatic heterocycles. The summed E-state index contributed by atoms with van der Waals surface area (Å²) in [6, 6.07) is 0. The molecule has 0 heterocycles. The molecule has 0 bridgehead atoms. The summed E-state index contributed by atoms with van der Waals surface area (Å²) in [5.41, 5.74) is 3.49. The van der Waals surface area contributed by atoms with Crippen LogP contribution in [-0.2, 0) is 0 Å². The van der Waals surface area contributed by atoms with E-state index in [4.69, 9.17) is 0 Å². The van der Waals surface area contributed by atoms with Crippen molar-refractivity contribution in [3.05, 3.63) is 36.0 Å². The minimum absolute atomic E-state index is 0.868. The van der Waals surface area contributed by atoms with Crippen molar-refractivity contribution >= 4 is 6.21 Å². The van der Waals surface area contributed by atoms with Crippen molar-refractivity contribution in [3.63, 3.8) is 0 Å². The minimum atomic E-state index is 0.868. The average Bonchev–Trinajstić information content (AvgIpc) is 1.99. The van der Waals surface area contributed by atoms with E-state index in [1.165, 1.54) is 11.1 Å². The second kappa shape index (κ2) is 5.53. The van der Waals surface area contributed by atoms with Crippen LogP contribution in [-0.4, -0.2) is 13.3 Å². The zero-order chi connectivity index (χ0) is 9.56. The predicted molar refractivity (Wildman–Crippen MR) is 56.7 cm³/mol. The van der Waals surface area contributed by atoms with E-state index in [-0.39, 0.29) is 0 Å². The van der Waals surface area contributed by atoms with E-state index in [1.807, 2.05) is 26.1 Å². The molecule has 0 unspecified atom stereocenters. The van der Waals surface area contributed by atoms with Gasteiger partial charge in [-0.15, -0.1) is 6.58 Å². The Morgan fingerprint density at radius 1 is 1.42 bits per heavy atom. The summed E-state index contributed by atoms with van der Waals surface area (Å²) in [7, 11) is 1.77. The normalized spacial score (nSPS) is 12.9. The largest absolute Gasteiger partial charge is 0.296 e. The summed E-state index contributed by atoms with van der Waals surface area (Å²) >= 11 is 0. The Hall–Kier alpha value is -1.11. The maximum Gasteiger partial charge on any atom is 0.0277 e. The van der Waals surface area contributed by atoms with Gasteiger partial charge in [-0.2, -0.15) is 0 Å². The van der Waals surface area contributed by atoms with Crippen molar-refractivity contribution < 1.29 is 0 Å². The molecule has 1 heteroatoms. The predicted octanol–water partition coefficient (Wildman–Crippen LogP) is 3.16. The molecule has 0 aromatic carbocycles. The van der Waals surface area contributed by atoms with Gasteiger partial charge in [-0.1, -0.05) is 18.2 Å². The highest BCUT2D eigenvalue weighted by atomic mass is 14.6. The summed E-state index contributed by atoms with van der Waals surface area (Å²) < 4.78 is 0. The Labute approximate surface area is 75.2 Å². The summed E-state index contributed by atoms with van der Waals surface area (Å²) in [6.07, 6.45) is 4.61. The molecule has 0 fully saturated rings. The molecule has 0 radical (unpaired) electrons. The molecule has 0 aliphatic carbocycles. The topological polar surface area (TPSA) is 12.4 Å². The third kappa shape index (κ3) is 3.33. The van der Waals surface area contributed by atoms with E-state index in [0.717, 1.165) is 12.0 Å². The minimum Gasteiger partial charge on any atom is -0.296 e. The third-order valence-corrected chi connectivity index (χ3v) is 1.66. The van der Waals surface area contributed by atoms with E-state index in [9.17, 15) is 0 Å². The summed E-state index contributed by atoms with van der Waals surface area (Å²) in [4.78, 5) is 3.96. The number of hydrogen-bond acceptors (Lipinski definition) is 1. The highest BCUT2D eigenvalue weighted by molar-refractivity contribution is 5.80. The van der Waals surface area contributed by atoms with Crippen molar-refractivity contribution in [2.24, 2.45) is 4.99 Å². The van der Waals surface area contributed by atoms with E-state index < -0.39 is 0 Å². The van der Waals surface area contributed by atoms with Crippen molar-refractivity contribution in [3.8, 4) is 0 Å². The second-order valence-corrected chi connectivity index (χ2v) is 2.82. The quantitative estimate of drug-likeness (QED) is 0.343. The fourth-order valence-corrected chi connectivity index (χ4v) is 1.09. The molecule has 0 saturated carbocycles. The number of nitrogens with zero attached hydrogens (tertiary/aromatic N) is 1. The van der Waals surface area contributed by atoms with Gasteiger partial charge >= 0.3 is 0 Å². The highest BCUT2D eigenvalue weighted by Crippen LogP contribution is 2.15. The van der Waals surface area contributed by atoms with Gasteiger partial charge in [0.05, 0.1) is 0 Å². The van der Waals surface area contributed by atoms with Gasteiger partial charge in [0, 0.05) is 13.3 Å². The van der Waals surface area contributed by atoms with Gasteiger partial charge < -0.3 is 0 Å². The van der Waals surface area contributed by atoms with Crippen molar-refractivity contribution in [2.75, 3.05) is 7.05 Å². The second-order valence-electron chi connectivity index (χ2n) is 2.82. The van der Waals surface area contributed by atoms with Gasteiger partial charge in [-0.3, -0.25) is 4.99 Å². The summed E-state index contributed by atoms with van der Waals surface area (Å²) in [5, 5.41) is 0. The van der Waals surface area contributed by atoms with Gasteiger partial charge in [0.2, 0.25) is 0 Å². The molecule has 0 spiro atoms. The molecule has 1 nitrogen and oxygen atoms in total. The van der Waals surface area contributed by atoms with Crippen LogP contribution in [0.5, 0.6) is 0 Å². The Bertz CT molecular complexity index is 231. The molecule has 0 saturated heterocycles. The van der Waals surface area contributed by atoms with E-state index in [2.05, 4.69) is 18.2 Å². The first-order valence-corrected chi connectivity index (χ1v) is 4.02. The molecule has 0 aromatic rings. The average molecular weight is 163 g/mol. The Balaban J connectivity index is 4.78. The first-order chi connectivity index (χ1) is 5.63. The zero-order valence-corrected chi connectivity index (χ0v) is 8.22. The Kier molecular flexibility index (Phi) is 5.02. The SMILES string of the molecule is C=CC/C(C(=C)C)=C(\C)C=NC. The Morgan fingerprint density at radius 3 is 2.33 bits per heavy atom. The highest BCUT2D eigenvalue weighted by Gasteiger charge is 1.98. The fourth-order valence-electron chi connectivity index (χ4n) is 1.09. The molecular formula is C11H17N. The summed E-state index contributed by atoms with van der Waals surface area (Å²) in [6.45, 7) is 11.7. The maximum absolute atomic E-state index is 3.96. The fraction of sp³-hybridized carbons (Fsp3) is 0.364. The molecule has 0 atom stereocenters. The van der Waals surface area contributed by atoms with Crippen LogP contribution in [0.1, 0.15) is 20.3 Å². The molecule has 0 rings (SSSR count). The number of allylic oxidation sites excluding steroid dienone is 4. The van der Waals surface area contributed by atoms with E-state index in [0.29, 0.717) is 0 Å². The van der Waals surface area contributed by atoms with Crippen LogP contribution in [0.4, 0.5) is 0 Å². The lowest BCUT2D eigenvalue weighted by atomic mass is 10.0. The van der Waals surface area contributed by atoms with E-state index in [1.54, 1.807) is 7.05 Å². The number of aliphatic imine (C=N–C) groups is 1. The van der Waals surface area contributed by atoms with Crippen molar-refractivity contribution in [1.82, 2.24) is 0 Å². The van der Waals surface area contributed by atoms with Gasteiger partial charge in [0.1, 0.15) is 0 Å². The standard InChI is InChI=1S/C11H17N/c1-6-7-11(9(2)3)10(4)8-12-5/h6,8H,1-2,7H2,3-5H3/b11-10-,12-8?. The Morgan fingerprint density at radius 2 is 2.00 bits per heavy atom. The third-order valence-electron chi connectivity index (χ3n) is 1.66.